The summed E-state index contributed by atoms with van der Waals surface area (Å²) < 4.78 is 76.7. The van der Waals surface area contributed by atoms with E-state index in [4.69, 9.17) is 10.2 Å². The summed E-state index contributed by atoms with van der Waals surface area (Å²) in [5.41, 5.74) is -2.42. The molecule has 0 saturated carbocycles. The van der Waals surface area contributed by atoms with Crippen LogP contribution in [0.3, 0.4) is 0 Å². The van der Waals surface area contributed by atoms with Gasteiger partial charge < -0.3 is 14.9 Å². The number of alkyl halides is 6. The largest absolute Gasteiger partial charge is 0.573 e. The van der Waals surface area contributed by atoms with E-state index in [1.165, 1.54) is 0 Å². The van der Waals surface area contributed by atoms with Gasteiger partial charge in [0.15, 0.2) is 6.10 Å². The molecule has 1 atom stereocenters. The number of aliphatic hydroxyl groups excluding tert-OH is 1. The van der Waals surface area contributed by atoms with Gasteiger partial charge >= 0.3 is 18.5 Å². The third-order valence-electron chi connectivity index (χ3n) is 2.10. The Morgan fingerprint density at radius 2 is 1.70 bits per heavy atom. The lowest BCUT2D eigenvalue weighted by Gasteiger charge is -2.17. The molecule has 0 radical (unpaired) electrons. The minimum Gasteiger partial charge on any atom is -0.479 e. The topological polar surface area (TPSA) is 66.8 Å². The number of benzene rings is 1. The van der Waals surface area contributed by atoms with Gasteiger partial charge in [0, 0.05) is 5.56 Å². The number of aliphatic carboxylic acids is 1. The van der Waals surface area contributed by atoms with Crippen molar-refractivity contribution in [1.82, 2.24) is 0 Å². The molecular weight excluding hydrogens is 298 g/mol. The monoisotopic (exact) mass is 304 g/mol. The molecule has 1 rings (SSSR count). The molecule has 0 spiro atoms. The predicted octanol–water partition coefficient (Wildman–Crippen LogP) is 2.72. The highest BCUT2D eigenvalue weighted by atomic mass is 19.4. The standard InChI is InChI=1S/C10H6F6O4/c11-9(12,13)4-1-2-5(7(17)8(18)19)6(3-4)20-10(14,15)16/h1-3,7,17H,(H,18,19). The third kappa shape index (κ3) is 4.02. The number of carbonyl (C=O) groups is 1. The first-order valence-corrected chi connectivity index (χ1v) is 4.79. The smallest absolute Gasteiger partial charge is 0.479 e. The zero-order valence-electron chi connectivity index (χ0n) is 9.29. The molecule has 0 fully saturated rings. The molecule has 1 aromatic rings. The normalized spacial score (nSPS) is 13.9. The summed E-state index contributed by atoms with van der Waals surface area (Å²) in [4.78, 5) is 10.5. The summed E-state index contributed by atoms with van der Waals surface area (Å²) >= 11 is 0. The summed E-state index contributed by atoms with van der Waals surface area (Å²) in [5.74, 6) is -3.36. The average Bonchev–Trinajstić information content (AvgIpc) is 2.24. The second kappa shape index (κ2) is 5.19. The molecule has 4 nitrogen and oxygen atoms in total. The lowest BCUT2D eigenvalue weighted by atomic mass is 10.1. The summed E-state index contributed by atoms with van der Waals surface area (Å²) in [6, 6.07) is 0.711. The minimum atomic E-state index is -5.34. The molecule has 2 N–H and O–H groups in total. The van der Waals surface area contributed by atoms with Gasteiger partial charge in [-0.1, -0.05) is 6.07 Å². The van der Waals surface area contributed by atoms with Crippen molar-refractivity contribution in [2.45, 2.75) is 18.6 Å². The van der Waals surface area contributed by atoms with Crippen LogP contribution in [0.15, 0.2) is 18.2 Å². The highest BCUT2D eigenvalue weighted by Crippen LogP contribution is 2.37. The van der Waals surface area contributed by atoms with Gasteiger partial charge in [-0.15, -0.1) is 13.2 Å². The predicted molar refractivity (Wildman–Crippen MR) is 50.7 cm³/mol. The Kier molecular flexibility index (Phi) is 4.18. The van der Waals surface area contributed by atoms with Crippen molar-refractivity contribution in [2.24, 2.45) is 0 Å². The van der Waals surface area contributed by atoms with Crippen molar-refractivity contribution in [3.05, 3.63) is 29.3 Å². The summed E-state index contributed by atoms with van der Waals surface area (Å²) in [5, 5.41) is 17.6. The molecular formula is C10H6F6O4. The van der Waals surface area contributed by atoms with E-state index in [0.29, 0.717) is 12.1 Å². The number of carboxylic acids is 1. The van der Waals surface area contributed by atoms with Gasteiger partial charge in [-0.05, 0) is 12.1 Å². The fourth-order valence-electron chi connectivity index (χ4n) is 1.28. The van der Waals surface area contributed by atoms with Gasteiger partial charge in [-0.25, -0.2) is 4.79 Å². The number of rotatable bonds is 3. The van der Waals surface area contributed by atoms with Crippen LogP contribution < -0.4 is 4.74 Å². The van der Waals surface area contributed by atoms with E-state index in [9.17, 15) is 31.1 Å². The number of hydrogen-bond donors (Lipinski definition) is 2. The number of hydrogen-bond acceptors (Lipinski definition) is 3. The zero-order valence-corrected chi connectivity index (χ0v) is 9.29. The molecule has 10 heteroatoms. The minimum absolute atomic E-state index is 0.0328. The molecule has 0 aliphatic rings. The molecule has 20 heavy (non-hydrogen) atoms. The maximum absolute atomic E-state index is 12.4. The Hall–Kier alpha value is -1.97. The average molecular weight is 304 g/mol. The number of ether oxygens (including phenoxy) is 1. The lowest BCUT2D eigenvalue weighted by molar-refractivity contribution is -0.275. The van der Waals surface area contributed by atoms with E-state index in [1.807, 2.05) is 0 Å². The second-order valence-corrected chi connectivity index (χ2v) is 3.54. The van der Waals surface area contributed by atoms with Crippen molar-refractivity contribution in [2.75, 3.05) is 0 Å². The van der Waals surface area contributed by atoms with Gasteiger partial charge in [0.1, 0.15) is 5.75 Å². The molecule has 0 aliphatic heterocycles. The maximum Gasteiger partial charge on any atom is 0.573 e. The quantitative estimate of drug-likeness (QED) is 0.843. The van der Waals surface area contributed by atoms with Crippen LogP contribution in [0.4, 0.5) is 26.3 Å². The van der Waals surface area contributed by atoms with Crippen LogP contribution in [0.25, 0.3) is 0 Å². The van der Waals surface area contributed by atoms with E-state index in [0.717, 1.165) is 0 Å². The Morgan fingerprint density at radius 3 is 2.10 bits per heavy atom. The molecule has 0 aromatic heterocycles. The fourth-order valence-corrected chi connectivity index (χ4v) is 1.28. The van der Waals surface area contributed by atoms with E-state index >= 15 is 0 Å². The molecule has 1 aromatic carbocycles. The van der Waals surface area contributed by atoms with Crippen molar-refractivity contribution in [1.29, 1.82) is 0 Å². The van der Waals surface area contributed by atoms with Crippen molar-refractivity contribution >= 4 is 5.97 Å². The summed E-state index contributed by atoms with van der Waals surface area (Å²) in [7, 11) is 0. The van der Waals surface area contributed by atoms with Crippen LogP contribution in [0.5, 0.6) is 5.75 Å². The summed E-state index contributed by atoms with van der Waals surface area (Å²) in [6.07, 6.45) is -12.7. The van der Waals surface area contributed by atoms with E-state index in [-0.39, 0.29) is 6.07 Å². The Balaban J connectivity index is 3.34. The molecule has 0 heterocycles. The zero-order chi connectivity index (χ0) is 15.7. The number of halogens is 6. The summed E-state index contributed by atoms with van der Waals surface area (Å²) in [6.45, 7) is 0. The van der Waals surface area contributed by atoms with Gasteiger partial charge in [0.2, 0.25) is 0 Å². The van der Waals surface area contributed by atoms with Gasteiger partial charge in [-0.3, -0.25) is 0 Å². The van der Waals surface area contributed by atoms with Crippen molar-refractivity contribution in [3.8, 4) is 5.75 Å². The van der Waals surface area contributed by atoms with Crippen LogP contribution in [0.1, 0.15) is 17.2 Å². The molecule has 1 unspecified atom stereocenters. The van der Waals surface area contributed by atoms with Crippen LogP contribution in [-0.4, -0.2) is 22.5 Å². The number of carboxylic acid groups (broad SMARTS) is 1. The first kappa shape index (κ1) is 16.1. The van der Waals surface area contributed by atoms with Crippen LogP contribution in [-0.2, 0) is 11.0 Å². The highest BCUT2D eigenvalue weighted by Gasteiger charge is 2.37. The van der Waals surface area contributed by atoms with Crippen LogP contribution in [0, 0.1) is 0 Å². The molecule has 0 bridgehead atoms. The maximum atomic E-state index is 12.4. The third-order valence-corrected chi connectivity index (χ3v) is 2.10. The molecule has 112 valence electrons. The Morgan fingerprint density at radius 1 is 1.15 bits per heavy atom. The van der Waals surface area contributed by atoms with E-state index < -0.39 is 41.5 Å². The van der Waals surface area contributed by atoms with Gasteiger partial charge in [0.05, 0.1) is 5.56 Å². The fraction of sp³-hybridized carbons (Fsp3) is 0.300. The lowest BCUT2D eigenvalue weighted by Crippen LogP contribution is -2.21. The van der Waals surface area contributed by atoms with E-state index in [1.54, 1.807) is 0 Å². The first-order valence-electron chi connectivity index (χ1n) is 4.79. The number of aliphatic hydroxyl groups is 1. The first-order chi connectivity index (χ1) is 8.92. The van der Waals surface area contributed by atoms with Crippen molar-refractivity contribution in [3.63, 3.8) is 0 Å². The van der Waals surface area contributed by atoms with Gasteiger partial charge in [-0.2, -0.15) is 13.2 Å². The Bertz CT molecular complexity index is 507. The van der Waals surface area contributed by atoms with Gasteiger partial charge in [0.25, 0.3) is 0 Å². The van der Waals surface area contributed by atoms with Crippen molar-refractivity contribution < 1.29 is 46.1 Å². The molecule has 0 aliphatic carbocycles. The molecule has 0 amide bonds. The van der Waals surface area contributed by atoms with Crippen LogP contribution >= 0.6 is 0 Å². The van der Waals surface area contributed by atoms with E-state index in [2.05, 4.69) is 4.74 Å². The molecule has 0 saturated heterocycles. The van der Waals surface area contributed by atoms with Crippen LogP contribution in [0.2, 0.25) is 0 Å². The second-order valence-electron chi connectivity index (χ2n) is 3.54. The SMILES string of the molecule is O=C(O)C(O)c1ccc(C(F)(F)F)cc1OC(F)(F)F. The highest BCUT2D eigenvalue weighted by molar-refractivity contribution is 5.75. The Labute approximate surface area is 107 Å².